The first-order chi connectivity index (χ1) is 7.70. The second-order valence-electron chi connectivity index (χ2n) is 3.90. The number of rotatable bonds is 3. The van der Waals surface area contributed by atoms with E-state index in [2.05, 4.69) is 11.9 Å². The van der Waals surface area contributed by atoms with Crippen LogP contribution >= 0.6 is 0 Å². The fraction of sp³-hybridized carbons (Fsp3) is 0.308. The normalized spacial score (nSPS) is 12.6. The van der Waals surface area contributed by atoms with Crippen molar-refractivity contribution in [2.24, 2.45) is 0 Å². The molecule has 0 fully saturated rings. The molecule has 0 radical (unpaired) electrons. The molecule has 0 bridgehead atoms. The molecule has 1 aromatic carbocycles. The molecule has 2 aromatic rings. The number of hydrogen-bond acceptors (Lipinski definition) is 3. The van der Waals surface area contributed by atoms with Gasteiger partial charge in [0, 0.05) is 11.5 Å². The lowest BCUT2D eigenvalue weighted by Gasteiger charge is -2.14. The SMILES string of the molecule is CCC(C)Oc1cc(N)nc2ccccc12. The van der Waals surface area contributed by atoms with Gasteiger partial charge in [-0.05, 0) is 25.5 Å². The first kappa shape index (κ1) is 10.7. The molecule has 0 saturated heterocycles. The van der Waals surface area contributed by atoms with Crippen LogP contribution in [0.2, 0.25) is 0 Å². The van der Waals surface area contributed by atoms with E-state index in [4.69, 9.17) is 10.5 Å². The Morgan fingerprint density at radius 3 is 2.88 bits per heavy atom. The molecule has 0 saturated carbocycles. The second-order valence-corrected chi connectivity index (χ2v) is 3.90. The number of fused-ring (bicyclic) bond motifs is 1. The second kappa shape index (κ2) is 4.39. The summed E-state index contributed by atoms with van der Waals surface area (Å²) in [5.74, 6) is 1.31. The molecule has 1 unspecified atom stereocenters. The molecule has 1 aromatic heterocycles. The van der Waals surface area contributed by atoms with E-state index in [0.717, 1.165) is 23.1 Å². The molecule has 0 aliphatic carbocycles. The highest BCUT2D eigenvalue weighted by molar-refractivity contribution is 5.86. The average molecular weight is 216 g/mol. The van der Waals surface area contributed by atoms with Crippen LogP contribution in [0, 0.1) is 0 Å². The van der Waals surface area contributed by atoms with Crippen LogP contribution < -0.4 is 10.5 Å². The third-order valence-electron chi connectivity index (χ3n) is 2.60. The molecule has 3 nitrogen and oxygen atoms in total. The lowest BCUT2D eigenvalue weighted by Crippen LogP contribution is -2.10. The summed E-state index contributed by atoms with van der Waals surface area (Å²) in [5, 5.41) is 1.01. The molecule has 2 N–H and O–H groups in total. The summed E-state index contributed by atoms with van der Waals surface area (Å²) in [6, 6.07) is 9.65. The number of nitrogens with zero attached hydrogens (tertiary/aromatic N) is 1. The molecular weight excluding hydrogens is 200 g/mol. The molecule has 2 rings (SSSR count). The van der Waals surface area contributed by atoms with Gasteiger partial charge in [-0.1, -0.05) is 19.1 Å². The van der Waals surface area contributed by atoms with Crippen LogP contribution in [0.1, 0.15) is 20.3 Å². The molecule has 1 atom stereocenters. The van der Waals surface area contributed by atoms with Gasteiger partial charge in [-0.3, -0.25) is 0 Å². The van der Waals surface area contributed by atoms with E-state index in [1.165, 1.54) is 0 Å². The highest BCUT2D eigenvalue weighted by Crippen LogP contribution is 2.27. The fourth-order valence-corrected chi connectivity index (χ4v) is 1.56. The Hall–Kier alpha value is -1.77. The number of para-hydroxylation sites is 1. The Bertz CT molecular complexity index is 496. The van der Waals surface area contributed by atoms with Gasteiger partial charge in [0.15, 0.2) is 0 Å². The van der Waals surface area contributed by atoms with Crippen molar-refractivity contribution in [1.82, 2.24) is 4.98 Å². The number of anilines is 1. The lowest BCUT2D eigenvalue weighted by atomic mass is 10.2. The Balaban J connectivity index is 2.50. The average Bonchev–Trinajstić information content (AvgIpc) is 2.28. The highest BCUT2D eigenvalue weighted by Gasteiger charge is 2.07. The number of nitrogen functional groups attached to an aromatic ring is 1. The zero-order valence-corrected chi connectivity index (χ0v) is 9.60. The van der Waals surface area contributed by atoms with Crippen LogP contribution in [0.5, 0.6) is 5.75 Å². The first-order valence-corrected chi connectivity index (χ1v) is 5.52. The van der Waals surface area contributed by atoms with Crippen molar-refractivity contribution >= 4 is 16.7 Å². The van der Waals surface area contributed by atoms with Crippen molar-refractivity contribution in [1.29, 1.82) is 0 Å². The zero-order chi connectivity index (χ0) is 11.5. The van der Waals surface area contributed by atoms with Crippen molar-refractivity contribution in [2.45, 2.75) is 26.4 Å². The monoisotopic (exact) mass is 216 g/mol. The van der Waals surface area contributed by atoms with Gasteiger partial charge in [0.25, 0.3) is 0 Å². The van der Waals surface area contributed by atoms with Crippen LogP contribution in [0.4, 0.5) is 5.82 Å². The maximum atomic E-state index is 5.84. The predicted molar refractivity (Wildman–Crippen MR) is 66.5 cm³/mol. The molecular formula is C13H16N2O. The van der Waals surface area contributed by atoms with Gasteiger partial charge >= 0.3 is 0 Å². The lowest BCUT2D eigenvalue weighted by molar-refractivity contribution is 0.220. The molecule has 84 valence electrons. The Labute approximate surface area is 95.2 Å². The molecule has 3 heteroatoms. The summed E-state index contributed by atoms with van der Waals surface area (Å²) in [7, 11) is 0. The van der Waals surface area contributed by atoms with Crippen molar-refractivity contribution in [3.63, 3.8) is 0 Å². The van der Waals surface area contributed by atoms with Gasteiger partial charge in [-0.25, -0.2) is 4.98 Å². The number of benzene rings is 1. The molecule has 16 heavy (non-hydrogen) atoms. The van der Waals surface area contributed by atoms with E-state index in [9.17, 15) is 0 Å². The summed E-state index contributed by atoms with van der Waals surface area (Å²) in [5.41, 5.74) is 6.63. The van der Waals surface area contributed by atoms with Gasteiger partial charge in [0.1, 0.15) is 11.6 Å². The standard InChI is InChI=1S/C13H16N2O/c1-3-9(2)16-12-8-13(14)15-11-7-5-4-6-10(11)12/h4-9H,3H2,1-2H3,(H2,14,15). The van der Waals surface area contributed by atoms with Crippen molar-refractivity contribution in [2.75, 3.05) is 5.73 Å². The minimum absolute atomic E-state index is 0.185. The summed E-state index contributed by atoms with van der Waals surface area (Å²) in [6.45, 7) is 4.14. The quantitative estimate of drug-likeness (QED) is 0.858. The van der Waals surface area contributed by atoms with Crippen LogP contribution in [-0.4, -0.2) is 11.1 Å². The summed E-state index contributed by atoms with van der Waals surface area (Å²) < 4.78 is 5.84. The topological polar surface area (TPSA) is 48.1 Å². The first-order valence-electron chi connectivity index (χ1n) is 5.52. The minimum atomic E-state index is 0.185. The molecule has 0 aliphatic heterocycles. The highest BCUT2D eigenvalue weighted by atomic mass is 16.5. The van der Waals surface area contributed by atoms with Crippen LogP contribution in [0.25, 0.3) is 10.9 Å². The van der Waals surface area contributed by atoms with E-state index in [0.29, 0.717) is 5.82 Å². The largest absolute Gasteiger partial charge is 0.490 e. The van der Waals surface area contributed by atoms with E-state index in [-0.39, 0.29) is 6.10 Å². The number of pyridine rings is 1. The number of hydrogen-bond donors (Lipinski definition) is 1. The van der Waals surface area contributed by atoms with Gasteiger partial charge < -0.3 is 10.5 Å². The summed E-state index contributed by atoms with van der Waals surface area (Å²) in [6.07, 6.45) is 1.15. The van der Waals surface area contributed by atoms with Crippen LogP contribution in [0.15, 0.2) is 30.3 Å². The van der Waals surface area contributed by atoms with Crippen LogP contribution in [-0.2, 0) is 0 Å². The molecule has 1 heterocycles. The third kappa shape index (κ3) is 2.08. The Morgan fingerprint density at radius 2 is 2.12 bits per heavy atom. The maximum absolute atomic E-state index is 5.84. The molecule has 0 spiro atoms. The Morgan fingerprint density at radius 1 is 1.38 bits per heavy atom. The van der Waals surface area contributed by atoms with Crippen LogP contribution in [0.3, 0.4) is 0 Å². The number of aromatic nitrogens is 1. The van der Waals surface area contributed by atoms with Crippen molar-refractivity contribution < 1.29 is 4.74 Å². The van der Waals surface area contributed by atoms with Gasteiger partial charge in [0.2, 0.25) is 0 Å². The van der Waals surface area contributed by atoms with Gasteiger partial charge in [-0.2, -0.15) is 0 Å². The molecule has 0 amide bonds. The smallest absolute Gasteiger partial charge is 0.132 e. The van der Waals surface area contributed by atoms with Crippen molar-refractivity contribution in [3.8, 4) is 5.75 Å². The third-order valence-corrected chi connectivity index (χ3v) is 2.60. The van der Waals surface area contributed by atoms with Crippen molar-refractivity contribution in [3.05, 3.63) is 30.3 Å². The summed E-state index contributed by atoms with van der Waals surface area (Å²) in [4.78, 5) is 4.27. The number of nitrogens with two attached hydrogens (primary N) is 1. The van der Waals surface area contributed by atoms with Gasteiger partial charge in [-0.15, -0.1) is 0 Å². The zero-order valence-electron chi connectivity index (χ0n) is 9.60. The number of ether oxygens (including phenoxy) is 1. The maximum Gasteiger partial charge on any atom is 0.132 e. The predicted octanol–water partition coefficient (Wildman–Crippen LogP) is 2.99. The van der Waals surface area contributed by atoms with E-state index in [1.54, 1.807) is 6.07 Å². The summed E-state index contributed by atoms with van der Waals surface area (Å²) >= 11 is 0. The van der Waals surface area contributed by atoms with E-state index in [1.807, 2.05) is 31.2 Å². The fourth-order valence-electron chi connectivity index (χ4n) is 1.56. The Kier molecular flexibility index (Phi) is 2.95. The minimum Gasteiger partial charge on any atom is -0.490 e. The molecule has 0 aliphatic rings. The van der Waals surface area contributed by atoms with E-state index < -0.39 is 0 Å². The van der Waals surface area contributed by atoms with Gasteiger partial charge in [0.05, 0.1) is 11.6 Å². The van der Waals surface area contributed by atoms with E-state index >= 15 is 0 Å².